The maximum Gasteiger partial charge on any atom is 0.322 e. The number of hydrogen-bond acceptors (Lipinski definition) is 4. The van der Waals surface area contributed by atoms with Crippen molar-refractivity contribution >= 4 is 0 Å². The van der Waals surface area contributed by atoms with E-state index in [0.717, 1.165) is 11.4 Å². The molecule has 0 saturated carbocycles. The molecule has 1 aromatic carbocycles. The largest absolute Gasteiger partial charge is 0.424 e. The quantitative estimate of drug-likeness (QED) is 0.718. The SMILES string of the molecule is Cc1c[c]nc(Oc2ccc(-n3cccn3)cc2)n1. The molecule has 0 spiro atoms. The predicted octanol–water partition coefficient (Wildman–Crippen LogP) is 2.56. The van der Waals surface area contributed by atoms with Crippen molar-refractivity contribution < 1.29 is 4.74 Å². The van der Waals surface area contributed by atoms with E-state index in [9.17, 15) is 0 Å². The minimum atomic E-state index is 0.298. The lowest BCUT2D eigenvalue weighted by Gasteiger charge is -2.05. The molecule has 0 aliphatic heterocycles. The zero-order valence-corrected chi connectivity index (χ0v) is 10.3. The Morgan fingerprint density at radius 3 is 2.74 bits per heavy atom. The molecule has 2 heterocycles. The number of nitrogens with zero attached hydrogens (tertiary/aromatic N) is 4. The van der Waals surface area contributed by atoms with Crippen molar-refractivity contribution in [2.24, 2.45) is 0 Å². The highest BCUT2D eigenvalue weighted by Gasteiger charge is 2.02. The molecule has 2 aromatic heterocycles. The molecular formula is C14H11N4O. The van der Waals surface area contributed by atoms with Crippen molar-refractivity contribution in [1.82, 2.24) is 19.7 Å². The summed E-state index contributed by atoms with van der Waals surface area (Å²) in [5.41, 5.74) is 1.78. The number of ether oxygens (including phenoxy) is 1. The summed E-state index contributed by atoms with van der Waals surface area (Å²) >= 11 is 0. The van der Waals surface area contributed by atoms with E-state index in [1.54, 1.807) is 16.9 Å². The van der Waals surface area contributed by atoms with Gasteiger partial charge in [0.25, 0.3) is 0 Å². The average Bonchev–Trinajstić information content (AvgIpc) is 2.94. The van der Waals surface area contributed by atoms with Gasteiger partial charge in [-0.1, -0.05) is 0 Å². The van der Waals surface area contributed by atoms with Crippen LogP contribution in [0.1, 0.15) is 5.69 Å². The standard InChI is InChI=1S/C14H11N4O/c1-11-7-9-15-14(17-11)19-13-5-3-12(4-6-13)18-10-2-8-16-18/h2-8,10H,1H3. The fourth-order valence-corrected chi connectivity index (χ4v) is 1.63. The van der Waals surface area contributed by atoms with Crippen LogP contribution in [0.2, 0.25) is 0 Å². The molecule has 5 nitrogen and oxygen atoms in total. The van der Waals surface area contributed by atoms with Crippen LogP contribution in [0.25, 0.3) is 5.69 Å². The summed E-state index contributed by atoms with van der Waals surface area (Å²) < 4.78 is 7.33. The summed E-state index contributed by atoms with van der Waals surface area (Å²) in [5, 5.41) is 4.16. The molecule has 0 amide bonds. The van der Waals surface area contributed by atoms with Crippen LogP contribution >= 0.6 is 0 Å². The number of aromatic nitrogens is 4. The summed E-state index contributed by atoms with van der Waals surface area (Å²) in [6.07, 6.45) is 6.35. The highest BCUT2D eigenvalue weighted by Crippen LogP contribution is 2.19. The monoisotopic (exact) mass is 251 g/mol. The lowest BCUT2D eigenvalue weighted by Crippen LogP contribution is -1.95. The van der Waals surface area contributed by atoms with Gasteiger partial charge in [0.2, 0.25) is 0 Å². The third-order valence-electron chi connectivity index (χ3n) is 2.52. The molecular weight excluding hydrogens is 240 g/mol. The van der Waals surface area contributed by atoms with E-state index in [1.807, 2.05) is 43.5 Å². The molecule has 0 bridgehead atoms. The van der Waals surface area contributed by atoms with Gasteiger partial charge in [0, 0.05) is 18.1 Å². The van der Waals surface area contributed by atoms with Crippen LogP contribution in [-0.4, -0.2) is 19.7 Å². The van der Waals surface area contributed by atoms with Gasteiger partial charge < -0.3 is 4.74 Å². The molecule has 1 radical (unpaired) electrons. The molecule has 3 rings (SSSR count). The normalized spacial score (nSPS) is 10.4. The average molecular weight is 251 g/mol. The van der Waals surface area contributed by atoms with Crippen LogP contribution in [0.3, 0.4) is 0 Å². The minimum Gasteiger partial charge on any atom is -0.424 e. The summed E-state index contributed by atoms with van der Waals surface area (Å²) in [7, 11) is 0. The molecule has 0 saturated heterocycles. The van der Waals surface area contributed by atoms with Gasteiger partial charge in [-0.15, -0.1) is 0 Å². The van der Waals surface area contributed by atoms with Gasteiger partial charge in [-0.05, 0) is 43.3 Å². The van der Waals surface area contributed by atoms with E-state index in [-0.39, 0.29) is 0 Å². The first-order valence-corrected chi connectivity index (χ1v) is 5.81. The predicted molar refractivity (Wildman–Crippen MR) is 69.2 cm³/mol. The number of hydrogen-bond donors (Lipinski definition) is 0. The summed E-state index contributed by atoms with van der Waals surface area (Å²) in [6.45, 7) is 1.87. The van der Waals surface area contributed by atoms with Crippen LogP contribution in [0.4, 0.5) is 0 Å². The van der Waals surface area contributed by atoms with Crippen molar-refractivity contribution in [3.05, 3.63) is 60.7 Å². The van der Waals surface area contributed by atoms with Crippen LogP contribution in [-0.2, 0) is 0 Å². The highest BCUT2D eigenvalue weighted by molar-refractivity contribution is 5.37. The molecule has 5 heteroatoms. The zero-order valence-electron chi connectivity index (χ0n) is 10.3. The highest BCUT2D eigenvalue weighted by atomic mass is 16.5. The second-order valence-corrected chi connectivity index (χ2v) is 3.97. The maximum atomic E-state index is 5.55. The Labute approximate surface area is 110 Å². The first-order valence-electron chi connectivity index (χ1n) is 5.81. The lowest BCUT2D eigenvalue weighted by molar-refractivity contribution is 0.440. The Balaban J connectivity index is 1.80. The van der Waals surface area contributed by atoms with Crippen LogP contribution in [0.15, 0.2) is 48.8 Å². The smallest absolute Gasteiger partial charge is 0.322 e. The molecule has 0 aliphatic carbocycles. The molecule has 0 N–H and O–H groups in total. The Morgan fingerprint density at radius 1 is 1.21 bits per heavy atom. The number of aryl methyl sites for hydroxylation is 1. The summed E-state index contributed by atoms with van der Waals surface area (Å²) in [6, 6.07) is 11.4. The topological polar surface area (TPSA) is 52.8 Å². The van der Waals surface area contributed by atoms with Gasteiger partial charge in [0.1, 0.15) is 5.75 Å². The molecule has 0 fully saturated rings. The first kappa shape index (κ1) is 11.4. The minimum absolute atomic E-state index is 0.298. The van der Waals surface area contributed by atoms with E-state index in [1.165, 1.54) is 0 Å². The van der Waals surface area contributed by atoms with E-state index in [2.05, 4.69) is 21.3 Å². The molecule has 0 aliphatic rings. The fourth-order valence-electron chi connectivity index (χ4n) is 1.63. The van der Waals surface area contributed by atoms with Gasteiger partial charge in [-0.25, -0.2) is 9.67 Å². The summed E-state index contributed by atoms with van der Waals surface area (Å²) in [4.78, 5) is 8.09. The van der Waals surface area contributed by atoms with Crippen molar-refractivity contribution in [3.8, 4) is 17.4 Å². The van der Waals surface area contributed by atoms with E-state index in [4.69, 9.17) is 4.74 Å². The van der Waals surface area contributed by atoms with E-state index in [0.29, 0.717) is 11.8 Å². The van der Waals surface area contributed by atoms with Crippen molar-refractivity contribution in [1.29, 1.82) is 0 Å². The van der Waals surface area contributed by atoms with Gasteiger partial charge >= 0.3 is 6.01 Å². The second-order valence-electron chi connectivity index (χ2n) is 3.97. The van der Waals surface area contributed by atoms with Gasteiger partial charge in [0.05, 0.1) is 11.9 Å². The third-order valence-corrected chi connectivity index (χ3v) is 2.52. The number of benzene rings is 1. The second kappa shape index (κ2) is 4.89. The maximum absolute atomic E-state index is 5.55. The molecule has 93 valence electrons. The summed E-state index contributed by atoms with van der Waals surface area (Å²) in [5.74, 6) is 0.676. The fraction of sp³-hybridized carbons (Fsp3) is 0.0714. The number of rotatable bonds is 3. The van der Waals surface area contributed by atoms with Gasteiger partial charge in [-0.3, -0.25) is 0 Å². The van der Waals surface area contributed by atoms with Crippen molar-refractivity contribution in [3.63, 3.8) is 0 Å². The Kier molecular flexibility index (Phi) is 2.94. The van der Waals surface area contributed by atoms with Crippen LogP contribution < -0.4 is 4.74 Å². The van der Waals surface area contributed by atoms with Crippen molar-refractivity contribution in [2.75, 3.05) is 0 Å². The van der Waals surface area contributed by atoms with E-state index >= 15 is 0 Å². The Bertz CT molecular complexity index is 662. The van der Waals surface area contributed by atoms with Gasteiger partial charge in [-0.2, -0.15) is 10.1 Å². The molecule has 0 unspecified atom stereocenters. The Morgan fingerprint density at radius 2 is 2.05 bits per heavy atom. The van der Waals surface area contributed by atoms with Gasteiger partial charge in [0.15, 0.2) is 0 Å². The zero-order chi connectivity index (χ0) is 13.1. The first-order chi connectivity index (χ1) is 9.31. The Hall–Kier alpha value is -2.69. The van der Waals surface area contributed by atoms with Crippen LogP contribution in [0.5, 0.6) is 11.8 Å². The molecule has 19 heavy (non-hydrogen) atoms. The molecule has 3 aromatic rings. The molecule has 0 atom stereocenters. The van der Waals surface area contributed by atoms with Crippen molar-refractivity contribution in [2.45, 2.75) is 6.92 Å². The lowest BCUT2D eigenvalue weighted by atomic mass is 10.3. The van der Waals surface area contributed by atoms with Crippen LogP contribution in [0, 0.1) is 13.1 Å². The third kappa shape index (κ3) is 2.60. The van der Waals surface area contributed by atoms with E-state index < -0.39 is 0 Å².